The van der Waals surface area contributed by atoms with Gasteiger partial charge in [0.2, 0.25) is 0 Å². The molecule has 0 spiro atoms. The Morgan fingerprint density at radius 2 is 2.20 bits per heavy atom. The second-order valence-corrected chi connectivity index (χ2v) is 5.31. The van der Waals surface area contributed by atoms with Crippen LogP contribution in [0.5, 0.6) is 5.75 Å². The number of nitrogens with zero attached hydrogens (tertiary/aromatic N) is 1. The van der Waals surface area contributed by atoms with Crippen LogP contribution in [0, 0.1) is 0 Å². The summed E-state index contributed by atoms with van der Waals surface area (Å²) in [5.41, 5.74) is 3.28. The number of benzene rings is 2. The molecule has 0 fully saturated rings. The lowest BCUT2D eigenvalue weighted by Gasteiger charge is -2.09. The molecule has 102 valence electrons. The van der Waals surface area contributed by atoms with Crippen molar-refractivity contribution in [3.05, 3.63) is 52.6 Å². The average molecular weight is 332 g/mol. The van der Waals surface area contributed by atoms with Crippen molar-refractivity contribution in [3.8, 4) is 5.75 Å². The van der Waals surface area contributed by atoms with Gasteiger partial charge in [-0.3, -0.25) is 5.10 Å². The molecule has 0 radical (unpaired) electrons. The topological polar surface area (TPSA) is 49.9 Å². The molecule has 0 aliphatic heterocycles. The molecule has 2 aromatic carbocycles. The van der Waals surface area contributed by atoms with E-state index in [4.69, 9.17) is 4.74 Å². The summed E-state index contributed by atoms with van der Waals surface area (Å²) < 4.78 is 6.19. The van der Waals surface area contributed by atoms with E-state index >= 15 is 0 Å². The summed E-state index contributed by atoms with van der Waals surface area (Å²) in [5, 5.41) is 11.6. The molecule has 2 N–H and O–H groups in total. The highest BCUT2D eigenvalue weighted by Crippen LogP contribution is 2.26. The van der Waals surface area contributed by atoms with Gasteiger partial charge in [0.15, 0.2) is 0 Å². The van der Waals surface area contributed by atoms with Gasteiger partial charge in [0.25, 0.3) is 0 Å². The Bertz CT molecular complexity index is 739. The van der Waals surface area contributed by atoms with Crippen LogP contribution in [0.3, 0.4) is 0 Å². The van der Waals surface area contributed by atoms with Crippen molar-refractivity contribution >= 4 is 32.5 Å². The highest BCUT2D eigenvalue weighted by atomic mass is 79.9. The molecule has 1 aromatic heterocycles. The van der Waals surface area contributed by atoms with E-state index in [1.807, 2.05) is 30.5 Å². The molecule has 0 aliphatic rings. The maximum atomic E-state index is 5.23. The maximum absolute atomic E-state index is 5.23. The van der Waals surface area contributed by atoms with Crippen molar-refractivity contribution in [1.29, 1.82) is 0 Å². The first-order chi connectivity index (χ1) is 9.78. The van der Waals surface area contributed by atoms with Crippen LogP contribution in [0.4, 0.5) is 5.69 Å². The largest absolute Gasteiger partial charge is 0.496 e. The number of ether oxygens (including phenoxy) is 1. The molecule has 1 heterocycles. The first-order valence-corrected chi connectivity index (χ1v) is 7.05. The summed E-state index contributed by atoms with van der Waals surface area (Å²) in [6, 6.07) is 12.1. The van der Waals surface area contributed by atoms with Crippen LogP contribution < -0.4 is 10.1 Å². The monoisotopic (exact) mass is 331 g/mol. The molecule has 3 rings (SSSR count). The van der Waals surface area contributed by atoms with Gasteiger partial charge < -0.3 is 10.1 Å². The van der Waals surface area contributed by atoms with Crippen molar-refractivity contribution in [3.63, 3.8) is 0 Å². The van der Waals surface area contributed by atoms with Gasteiger partial charge in [-0.05, 0) is 45.8 Å². The molecule has 0 unspecified atom stereocenters. The van der Waals surface area contributed by atoms with Gasteiger partial charge in [0.05, 0.1) is 23.3 Å². The number of rotatable bonds is 4. The smallest absolute Gasteiger partial charge is 0.133 e. The minimum atomic E-state index is 0.743. The lowest BCUT2D eigenvalue weighted by atomic mass is 10.2. The first-order valence-electron chi connectivity index (χ1n) is 6.26. The fraction of sp³-hybridized carbons (Fsp3) is 0.133. The maximum Gasteiger partial charge on any atom is 0.133 e. The Morgan fingerprint density at radius 1 is 1.30 bits per heavy atom. The molecule has 5 heteroatoms. The van der Waals surface area contributed by atoms with Gasteiger partial charge in [-0.1, -0.05) is 12.1 Å². The van der Waals surface area contributed by atoms with E-state index in [9.17, 15) is 0 Å². The van der Waals surface area contributed by atoms with Crippen LogP contribution in [0.1, 0.15) is 5.56 Å². The predicted molar refractivity (Wildman–Crippen MR) is 84.1 cm³/mol. The number of methoxy groups -OCH3 is 1. The second kappa shape index (κ2) is 5.54. The average Bonchev–Trinajstić information content (AvgIpc) is 2.94. The van der Waals surface area contributed by atoms with Crippen LogP contribution in [-0.4, -0.2) is 17.3 Å². The summed E-state index contributed by atoms with van der Waals surface area (Å²) in [5.74, 6) is 0.839. The zero-order chi connectivity index (χ0) is 13.9. The van der Waals surface area contributed by atoms with E-state index < -0.39 is 0 Å². The molecule has 4 nitrogen and oxygen atoms in total. The molecule has 0 atom stereocenters. The third-order valence-electron chi connectivity index (χ3n) is 3.18. The van der Waals surface area contributed by atoms with Crippen molar-refractivity contribution < 1.29 is 4.74 Å². The molecule has 0 saturated heterocycles. The number of halogens is 1. The molecule has 0 saturated carbocycles. The molecule has 3 aromatic rings. The van der Waals surface area contributed by atoms with Crippen molar-refractivity contribution in [2.45, 2.75) is 6.54 Å². The van der Waals surface area contributed by atoms with Crippen LogP contribution >= 0.6 is 15.9 Å². The Hall–Kier alpha value is -2.01. The zero-order valence-corrected chi connectivity index (χ0v) is 12.6. The quantitative estimate of drug-likeness (QED) is 0.761. The second-order valence-electron chi connectivity index (χ2n) is 4.46. The number of fused-ring (bicyclic) bond motifs is 1. The van der Waals surface area contributed by atoms with Gasteiger partial charge in [0.1, 0.15) is 5.75 Å². The number of nitrogens with one attached hydrogen (secondary N) is 2. The highest BCUT2D eigenvalue weighted by molar-refractivity contribution is 9.10. The van der Waals surface area contributed by atoms with E-state index in [1.54, 1.807) is 7.11 Å². The normalized spacial score (nSPS) is 10.7. The summed E-state index contributed by atoms with van der Waals surface area (Å²) in [6.07, 6.45) is 1.83. The summed E-state index contributed by atoms with van der Waals surface area (Å²) in [6.45, 7) is 0.743. The van der Waals surface area contributed by atoms with Gasteiger partial charge >= 0.3 is 0 Å². The Morgan fingerprint density at radius 3 is 3.00 bits per heavy atom. The van der Waals surface area contributed by atoms with Crippen LogP contribution in [0.15, 0.2) is 47.1 Å². The summed E-state index contributed by atoms with van der Waals surface area (Å²) in [7, 11) is 1.66. The molecule has 0 aliphatic carbocycles. The number of H-pyrrole nitrogens is 1. The lowest BCUT2D eigenvalue weighted by Crippen LogP contribution is -2.00. The third-order valence-corrected chi connectivity index (χ3v) is 3.80. The number of anilines is 1. The molecule has 0 amide bonds. The zero-order valence-electron chi connectivity index (χ0n) is 11.0. The van der Waals surface area contributed by atoms with E-state index in [0.29, 0.717) is 0 Å². The van der Waals surface area contributed by atoms with Crippen LogP contribution in [-0.2, 0) is 6.54 Å². The Labute approximate surface area is 125 Å². The summed E-state index contributed by atoms with van der Waals surface area (Å²) >= 11 is 3.50. The van der Waals surface area contributed by atoms with Gasteiger partial charge in [-0.25, -0.2) is 0 Å². The van der Waals surface area contributed by atoms with E-state index in [2.05, 4.69) is 43.6 Å². The van der Waals surface area contributed by atoms with Crippen molar-refractivity contribution in [1.82, 2.24) is 10.2 Å². The lowest BCUT2D eigenvalue weighted by molar-refractivity contribution is 0.412. The predicted octanol–water partition coefficient (Wildman–Crippen LogP) is 3.95. The van der Waals surface area contributed by atoms with Crippen LogP contribution in [0.25, 0.3) is 10.9 Å². The minimum absolute atomic E-state index is 0.743. The SMILES string of the molecule is COc1ccc(CNc2cccc3[nH]ncc23)cc1Br. The van der Waals surface area contributed by atoms with E-state index in [-0.39, 0.29) is 0 Å². The number of aromatic amines is 1. The third kappa shape index (κ3) is 2.49. The number of aromatic nitrogens is 2. The van der Waals surface area contributed by atoms with Crippen LogP contribution in [0.2, 0.25) is 0 Å². The molecule has 20 heavy (non-hydrogen) atoms. The Kier molecular flexibility index (Phi) is 3.60. The first kappa shape index (κ1) is 13.0. The minimum Gasteiger partial charge on any atom is -0.496 e. The number of hydrogen-bond donors (Lipinski definition) is 2. The molecular formula is C15H14BrN3O. The molecule has 0 bridgehead atoms. The Balaban J connectivity index is 1.79. The molecular weight excluding hydrogens is 318 g/mol. The van der Waals surface area contributed by atoms with Gasteiger partial charge in [-0.15, -0.1) is 0 Å². The standard InChI is InChI=1S/C15H14BrN3O/c1-20-15-6-5-10(7-12(15)16)8-17-13-3-2-4-14-11(13)9-18-19-14/h2-7,9,17H,8H2,1H3,(H,18,19). The fourth-order valence-electron chi connectivity index (χ4n) is 2.14. The van der Waals surface area contributed by atoms with Gasteiger partial charge in [-0.2, -0.15) is 5.10 Å². The summed E-state index contributed by atoms with van der Waals surface area (Å²) in [4.78, 5) is 0. The van der Waals surface area contributed by atoms with E-state index in [0.717, 1.165) is 33.4 Å². The van der Waals surface area contributed by atoms with Crippen molar-refractivity contribution in [2.24, 2.45) is 0 Å². The fourth-order valence-corrected chi connectivity index (χ4v) is 2.73. The number of hydrogen-bond acceptors (Lipinski definition) is 3. The van der Waals surface area contributed by atoms with E-state index in [1.165, 1.54) is 5.56 Å². The van der Waals surface area contributed by atoms with Gasteiger partial charge in [0, 0.05) is 17.6 Å². The highest BCUT2D eigenvalue weighted by Gasteiger charge is 2.04. The van der Waals surface area contributed by atoms with Crippen molar-refractivity contribution in [2.75, 3.05) is 12.4 Å².